The minimum Gasteiger partial charge on any atom is -0.379 e. The second-order valence-electron chi connectivity index (χ2n) is 7.59. The SMILES string of the molecule is CCC(NCCc1c[nH]c2ccccc12)c1nnnn1CCCN1CCOCC1. The molecule has 1 aromatic carbocycles. The molecule has 1 fully saturated rings. The molecule has 1 saturated heterocycles. The number of H-pyrrole nitrogens is 1. The van der Waals surface area contributed by atoms with Crippen LogP contribution in [0.2, 0.25) is 0 Å². The summed E-state index contributed by atoms with van der Waals surface area (Å²) in [5, 5.41) is 17.4. The fourth-order valence-electron chi connectivity index (χ4n) is 4.03. The summed E-state index contributed by atoms with van der Waals surface area (Å²) in [5.74, 6) is 0.938. The molecule has 4 rings (SSSR count). The summed E-state index contributed by atoms with van der Waals surface area (Å²) in [5.41, 5.74) is 2.53. The van der Waals surface area contributed by atoms with Gasteiger partial charge in [-0.1, -0.05) is 25.1 Å². The number of nitrogens with zero attached hydrogens (tertiary/aromatic N) is 5. The molecule has 0 aliphatic carbocycles. The molecule has 2 aromatic heterocycles. The van der Waals surface area contributed by atoms with E-state index < -0.39 is 0 Å². The lowest BCUT2D eigenvalue weighted by Gasteiger charge is -2.26. The van der Waals surface area contributed by atoms with Crippen molar-refractivity contribution >= 4 is 10.9 Å². The zero-order valence-electron chi connectivity index (χ0n) is 17.2. The Morgan fingerprint density at radius 2 is 2.07 bits per heavy atom. The van der Waals surface area contributed by atoms with Crippen LogP contribution in [-0.4, -0.2) is 69.5 Å². The number of rotatable bonds is 10. The molecule has 2 N–H and O–H groups in total. The van der Waals surface area contributed by atoms with Gasteiger partial charge in [-0.25, -0.2) is 4.68 Å². The predicted octanol–water partition coefficient (Wildman–Crippen LogP) is 2.16. The molecule has 0 spiro atoms. The largest absolute Gasteiger partial charge is 0.379 e. The number of aryl methyl sites for hydroxylation is 1. The first kappa shape index (κ1) is 20.0. The molecule has 8 nitrogen and oxygen atoms in total. The normalized spacial score (nSPS) is 16.4. The number of para-hydroxylation sites is 1. The summed E-state index contributed by atoms with van der Waals surface area (Å²) in [6.07, 6.45) is 5.09. The molecule has 1 atom stereocenters. The second kappa shape index (κ2) is 9.96. The summed E-state index contributed by atoms with van der Waals surface area (Å²) in [6, 6.07) is 8.61. The number of morpholine rings is 1. The lowest BCUT2D eigenvalue weighted by molar-refractivity contribution is 0.0367. The molecule has 1 unspecified atom stereocenters. The molecule has 0 radical (unpaired) electrons. The average Bonchev–Trinajstić information content (AvgIpc) is 3.39. The van der Waals surface area contributed by atoms with Gasteiger partial charge >= 0.3 is 0 Å². The van der Waals surface area contributed by atoms with E-state index >= 15 is 0 Å². The number of aromatic amines is 1. The van der Waals surface area contributed by atoms with E-state index in [0.29, 0.717) is 0 Å². The highest BCUT2D eigenvalue weighted by molar-refractivity contribution is 5.83. The molecule has 1 aliphatic rings. The van der Waals surface area contributed by atoms with Gasteiger partial charge in [0.15, 0.2) is 5.82 Å². The van der Waals surface area contributed by atoms with Crippen LogP contribution in [0.25, 0.3) is 10.9 Å². The van der Waals surface area contributed by atoms with Crippen molar-refractivity contribution in [3.8, 4) is 0 Å². The van der Waals surface area contributed by atoms with Crippen LogP contribution in [0.3, 0.4) is 0 Å². The lowest BCUT2D eigenvalue weighted by Crippen LogP contribution is -2.37. The van der Waals surface area contributed by atoms with E-state index in [1.807, 2.05) is 4.68 Å². The number of tetrazole rings is 1. The molecule has 29 heavy (non-hydrogen) atoms. The Hall–Kier alpha value is -2.29. The minimum atomic E-state index is 0.165. The van der Waals surface area contributed by atoms with Gasteiger partial charge in [-0.05, 0) is 47.9 Å². The molecule has 3 aromatic rings. The fourth-order valence-corrected chi connectivity index (χ4v) is 4.03. The Kier molecular flexibility index (Phi) is 6.87. The van der Waals surface area contributed by atoms with Crippen LogP contribution in [0, 0.1) is 0 Å². The highest BCUT2D eigenvalue weighted by Gasteiger charge is 2.17. The molecular formula is C21H31N7O. The van der Waals surface area contributed by atoms with Crippen molar-refractivity contribution in [2.24, 2.45) is 0 Å². The van der Waals surface area contributed by atoms with Crippen LogP contribution < -0.4 is 5.32 Å². The summed E-state index contributed by atoms with van der Waals surface area (Å²) in [4.78, 5) is 5.80. The van der Waals surface area contributed by atoms with Gasteiger partial charge in [0.1, 0.15) is 0 Å². The number of nitrogens with one attached hydrogen (secondary N) is 2. The lowest BCUT2D eigenvalue weighted by atomic mass is 10.1. The number of aromatic nitrogens is 5. The molecule has 1 aliphatic heterocycles. The molecule has 3 heterocycles. The van der Waals surface area contributed by atoms with Gasteiger partial charge in [0.05, 0.1) is 19.3 Å². The van der Waals surface area contributed by atoms with Gasteiger partial charge in [-0.3, -0.25) is 4.90 Å². The van der Waals surface area contributed by atoms with Crippen LogP contribution >= 0.6 is 0 Å². The first-order chi connectivity index (χ1) is 14.3. The predicted molar refractivity (Wildman–Crippen MR) is 113 cm³/mol. The second-order valence-corrected chi connectivity index (χ2v) is 7.59. The standard InChI is InChI=1S/C21H31N7O/c1-2-19(22-9-8-17-16-23-20-7-4-3-6-18(17)20)21-24-25-26-28(21)11-5-10-27-12-14-29-15-13-27/h3-4,6-7,16,19,22-23H,2,5,8-15H2,1H3. The van der Waals surface area contributed by atoms with Crippen LogP contribution in [0.5, 0.6) is 0 Å². The van der Waals surface area contributed by atoms with E-state index in [0.717, 1.165) is 71.0 Å². The Morgan fingerprint density at radius 3 is 2.93 bits per heavy atom. The third-order valence-electron chi connectivity index (χ3n) is 5.69. The number of fused-ring (bicyclic) bond motifs is 1. The van der Waals surface area contributed by atoms with Crippen LogP contribution in [0.1, 0.15) is 37.2 Å². The first-order valence-corrected chi connectivity index (χ1v) is 10.7. The quantitative estimate of drug-likeness (QED) is 0.545. The summed E-state index contributed by atoms with van der Waals surface area (Å²) < 4.78 is 7.38. The maximum absolute atomic E-state index is 5.42. The fraction of sp³-hybridized carbons (Fsp3) is 0.571. The molecule has 8 heteroatoms. The maximum Gasteiger partial charge on any atom is 0.168 e. The van der Waals surface area contributed by atoms with Crippen molar-refractivity contribution in [2.45, 2.75) is 38.8 Å². The zero-order chi connectivity index (χ0) is 19.9. The van der Waals surface area contributed by atoms with Gasteiger partial charge in [0.2, 0.25) is 0 Å². The number of ether oxygens (including phenoxy) is 1. The monoisotopic (exact) mass is 397 g/mol. The van der Waals surface area contributed by atoms with Crippen molar-refractivity contribution in [1.29, 1.82) is 0 Å². The van der Waals surface area contributed by atoms with Gasteiger partial charge < -0.3 is 15.0 Å². The highest BCUT2D eigenvalue weighted by Crippen LogP contribution is 2.19. The zero-order valence-corrected chi connectivity index (χ0v) is 17.2. The van der Waals surface area contributed by atoms with Gasteiger partial charge in [-0.15, -0.1) is 5.10 Å². The van der Waals surface area contributed by atoms with Gasteiger partial charge in [0.25, 0.3) is 0 Å². The Balaban J connectivity index is 1.29. The third kappa shape index (κ3) is 5.01. The van der Waals surface area contributed by atoms with Crippen molar-refractivity contribution < 1.29 is 4.74 Å². The van der Waals surface area contributed by atoms with E-state index in [2.05, 4.69) is 68.1 Å². The smallest absolute Gasteiger partial charge is 0.168 e. The van der Waals surface area contributed by atoms with Gasteiger partial charge in [-0.2, -0.15) is 0 Å². The topological polar surface area (TPSA) is 83.9 Å². The number of benzene rings is 1. The summed E-state index contributed by atoms with van der Waals surface area (Å²) >= 11 is 0. The van der Waals surface area contributed by atoms with Crippen molar-refractivity contribution in [2.75, 3.05) is 39.4 Å². The highest BCUT2D eigenvalue weighted by atomic mass is 16.5. The Morgan fingerprint density at radius 1 is 1.21 bits per heavy atom. The molecule has 0 bridgehead atoms. The minimum absolute atomic E-state index is 0.165. The Bertz CT molecular complexity index is 884. The number of hydrogen-bond acceptors (Lipinski definition) is 6. The average molecular weight is 398 g/mol. The molecule has 156 valence electrons. The third-order valence-corrected chi connectivity index (χ3v) is 5.69. The number of hydrogen-bond donors (Lipinski definition) is 2. The van der Waals surface area contributed by atoms with Crippen LogP contribution in [0.15, 0.2) is 30.5 Å². The van der Waals surface area contributed by atoms with E-state index in [9.17, 15) is 0 Å². The maximum atomic E-state index is 5.42. The Labute approximate surface area is 171 Å². The van der Waals surface area contributed by atoms with Crippen molar-refractivity contribution in [3.05, 3.63) is 41.9 Å². The van der Waals surface area contributed by atoms with Crippen LogP contribution in [0.4, 0.5) is 0 Å². The first-order valence-electron chi connectivity index (χ1n) is 10.7. The van der Waals surface area contributed by atoms with E-state index in [1.165, 1.54) is 16.5 Å². The summed E-state index contributed by atoms with van der Waals surface area (Å²) in [7, 11) is 0. The molecule has 0 saturated carbocycles. The van der Waals surface area contributed by atoms with E-state index in [-0.39, 0.29) is 6.04 Å². The van der Waals surface area contributed by atoms with Gasteiger partial charge in [0, 0.05) is 43.3 Å². The van der Waals surface area contributed by atoms with Crippen molar-refractivity contribution in [1.82, 2.24) is 35.4 Å². The van der Waals surface area contributed by atoms with Crippen molar-refractivity contribution in [3.63, 3.8) is 0 Å². The van der Waals surface area contributed by atoms with Crippen LogP contribution in [-0.2, 0) is 17.7 Å². The molecular weight excluding hydrogens is 366 g/mol. The van der Waals surface area contributed by atoms with E-state index in [1.54, 1.807) is 0 Å². The molecule has 0 amide bonds. The summed E-state index contributed by atoms with van der Waals surface area (Å²) in [6.45, 7) is 8.71. The van der Waals surface area contributed by atoms with E-state index in [4.69, 9.17) is 4.74 Å².